The third-order valence-electron chi connectivity index (χ3n) is 2.63. The summed E-state index contributed by atoms with van der Waals surface area (Å²) < 4.78 is 11.6. The number of hydrogen-bond acceptors (Lipinski definition) is 5. The first-order valence-corrected chi connectivity index (χ1v) is 6.89. The van der Waals surface area contributed by atoms with Crippen molar-refractivity contribution in [2.75, 3.05) is 13.7 Å². The molecule has 0 aliphatic heterocycles. The highest BCUT2D eigenvalue weighted by Gasteiger charge is 2.23. The molecule has 5 nitrogen and oxygen atoms in total. The lowest BCUT2D eigenvalue weighted by Crippen LogP contribution is -2.24. The number of aromatic nitrogens is 2. The van der Waals surface area contributed by atoms with Gasteiger partial charge in [0.25, 0.3) is 0 Å². The average molecular weight is 326 g/mol. The molecule has 0 radical (unpaired) electrons. The van der Waals surface area contributed by atoms with Crippen molar-refractivity contribution in [1.29, 1.82) is 0 Å². The molecule has 0 saturated carbocycles. The van der Waals surface area contributed by atoms with Crippen molar-refractivity contribution in [1.82, 2.24) is 15.3 Å². The second-order valence-electron chi connectivity index (χ2n) is 3.98. The minimum absolute atomic E-state index is 0.171. The maximum Gasteiger partial charge on any atom is 0.237 e. The third kappa shape index (κ3) is 3.33. The van der Waals surface area contributed by atoms with Crippen LogP contribution in [-0.2, 0) is 0 Å². The fraction of sp³-hybridized carbons (Fsp3) is 0.385. The van der Waals surface area contributed by atoms with E-state index in [1.54, 1.807) is 19.5 Å². The Morgan fingerprint density at radius 2 is 2.16 bits per heavy atom. The maximum atomic E-state index is 5.63. The molecule has 1 unspecified atom stereocenters. The smallest absolute Gasteiger partial charge is 0.237 e. The summed E-state index contributed by atoms with van der Waals surface area (Å²) in [6, 6.07) is 3.60. The van der Waals surface area contributed by atoms with Crippen LogP contribution in [0.3, 0.4) is 0 Å². The normalized spacial score (nSPS) is 12.4. The summed E-state index contributed by atoms with van der Waals surface area (Å²) in [6.07, 6.45) is 4.27. The van der Waals surface area contributed by atoms with E-state index in [2.05, 4.69) is 38.1 Å². The summed E-state index contributed by atoms with van der Waals surface area (Å²) >= 11 is 3.32. The number of nitrogens with zero attached hydrogens (tertiary/aromatic N) is 2. The number of halogens is 1. The molecule has 0 aromatic carbocycles. The molecule has 102 valence electrons. The van der Waals surface area contributed by atoms with Crippen molar-refractivity contribution in [3.63, 3.8) is 0 Å². The van der Waals surface area contributed by atoms with Crippen molar-refractivity contribution in [3.05, 3.63) is 40.7 Å². The van der Waals surface area contributed by atoms with Crippen molar-refractivity contribution in [3.8, 4) is 5.88 Å². The SMILES string of the molecule is CCCNC(c1ccc(Br)o1)c1nccnc1OC. The van der Waals surface area contributed by atoms with Crippen LogP contribution in [0.25, 0.3) is 0 Å². The minimum atomic E-state index is -0.171. The van der Waals surface area contributed by atoms with Gasteiger partial charge in [-0.3, -0.25) is 4.98 Å². The van der Waals surface area contributed by atoms with Gasteiger partial charge < -0.3 is 14.5 Å². The number of furan rings is 1. The first kappa shape index (κ1) is 14.0. The Hall–Kier alpha value is -1.40. The van der Waals surface area contributed by atoms with Gasteiger partial charge in [0.05, 0.1) is 7.11 Å². The Morgan fingerprint density at radius 3 is 2.79 bits per heavy atom. The first-order valence-electron chi connectivity index (χ1n) is 6.09. The van der Waals surface area contributed by atoms with Crippen LogP contribution in [0, 0.1) is 0 Å². The van der Waals surface area contributed by atoms with Crippen LogP contribution in [-0.4, -0.2) is 23.6 Å². The Kier molecular flexibility index (Phi) is 4.93. The van der Waals surface area contributed by atoms with Gasteiger partial charge in [0.15, 0.2) is 4.67 Å². The first-order chi connectivity index (χ1) is 9.26. The number of ether oxygens (including phenoxy) is 1. The Labute approximate surface area is 120 Å². The summed E-state index contributed by atoms with van der Waals surface area (Å²) in [7, 11) is 1.59. The highest BCUT2D eigenvalue weighted by Crippen LogP contribution is 2.29. The molecule has 1 N–H and O–H groups in total. The fourth-order valence-electron chi connectivity index (χ4n) is 1.80. The van der Waals surface area contributed by atoms with E-state index in [1.165, 1.54) is 0 Å². The summed E-state index contributed by atoms with van der Waals surface area (Å²) in [5, 5.41) is 3.39. The van der Waals surface area contributed by atoms with Crippen molar-refractivity contribution in [2.24, 2.45) is 0 Å². The Bertz CT molecular complexity index is 530. The molecule has 1 atom stereocenters. The number of methoxy groups -OCH3 is 1. The summed E-state index contributed by atoms with van der Waals surface area (Å²) in [6.45, 7) is 2.96. The molecule has 0 saturated heterocycles. The van der Waals surface area contributed by atoms with E-state index in [0.717, 1.165) is 24.4 Å². The molecule has 2 aromatic heterocycles. The summed E-state index contributed by atoms with van der Waals surface area (Å²) in [5.41, 5.74) is 0.723. The largest absolute Gasteiger partial charge is 0.480 e. The quantitative estimate of drug-likeness (QED) is 0.884. The van der Waals surface area contributed by atoms with Crippen LogP contribution < -0.4 is 10.1 Å². The van der Waals surface area contributed by atoms with Crippen LogP contribution in [0.4, 0.5) is 0 Å². The lowest BCUT2D eigenvalue weighted by atomic mass is 10.1. The predicted octanol–water partition coefficient (Wildman–Crippen LogP) is 2.93. The van der Waals surface area contributed by atoms with E-state index < -0.39 is 0 Å². The van der Waals surface area contributed by atoms with Crippen molar-refractivity contribution < 1.29 is 9.15 Å². The zero-order valence-corrected chi connectivity index (χ0v) is 12.5. The van der Waals surface area contributed by atoms with E-state index in [0.29, 0.717) is 10.5 Å². The van der Waals surface area contributed by atoms with E-state index in [4.69, 9.17) is 9.15 Å². The molecule has 19 heavy (non-hydrogen) atoms. The van der Waals surface area contributed by atoms with Gasteiger partial charge >= 0.3 is 0 Å². The second-order valence-corrected chi connectivity index (χ2v) is 4.76. The summed E-state index contributed by atoms with van der Waals surface area (Å²) in [5.74, 6) is 1.28. The average Bonchev–Trinajstić information content (AvgIpc) is 2.86. The zero-order valence-electron chi connectivity index (χ0n) is 10.9. The van der Waals surface area contributed by atoms with Gasteiger partial charge in [0.1, 0.15) is 17.5 Å². The molecule has 0 spiro atoms. The minimum Gasteiger partial charge on any atom is -0.480 e. The van der Waals surface area contributed by atoms with Gasteiger partial charge in [-0.15, -0.1) is 0 Å². The molecule has 0 bridgehead atoms. The lowest BCUT2D eigenvalue weighted by Gasteiger charge is -2.17. The number of hydrogen-bond donors (Lipinski definition) is 1. The highest BCUT2D eigenvalue weighted by atomic mass is 79.9. The molecule has 2 aromatic rings. The van der Waals surface area contributed by atoms with Gasteiger partial charge in [0, 0.05) is 12.4 Å². The third-order valence-corrected chi connectivity index (χ3v) is 3.06. The van der Waals surface area contributed by atoms with Gasteiger partial charge in [-0.1, -0.05) is 6.92 Å². The van der Waals surface area contributed by atoms with Gasteiger partial charge in [0.2, 0.25) is 5.88 Å². The van der Waals surface area contributed by atoms with Crippen molar-refractivity contribution in [2.45, 2.75) is 19.4 Å². The monoisotopic (exact) mass is 325 g/mol. The standard InChI is InChI=1S/C13H16BrN3O2/c1-3-6-15-11(9-4-5-10(14)19-9)12-13(18-2)17-8-7-16-12/h4-5,7-8,11,15H,3,6H2,1-2H3. The van der Waals surface area contributed by atoms with Crippen molar-refractivity contribution >= 4 is 15.9 Å². The molecule has 6 heteroatoms. The lowest BCUT2D eigenvalue weighted by molar-refractivity contribution is 0.370. The number of nitrogens with one attached hydrogen (secondary N) is 1. The molecule has 0 fully saturated rings. The number of rotatable bonds is 6. The van der Waals surface area contributed by atoms with E-state index in [-0.39, 0.29) is 6.04 Å². The molecule has 0 aliphatic carbocycles. The molecular formula is C13H16BrN3O2. The predicted molar refractivity (Wildman–Crippen MR) is 75.1 cm³/mol. The fourth-order valence-corrected chi connectivity index (χ4v) is 2.11. The van der Waals surface area contributed by atoms with Crippen LogP contribution in [0.15, 0.2) is 33.6 Å². The molecule has 2 rings (SSSR count). The molecule has 0 amide bonds. The van der Waals surface area contributed by atoms with E-state index >= 15 is 0 Å². The topological polar surface area (TPSA) is 60.2 Å². The van der Waals surface area contributed by atoms with E-state index in [1.807, 2.05) is 12.1 Å². The summed E-state index contributed by atoms with van der Waals surface area (Å²) in [4.78, 5) is 8.54. The van der Waals surface area contributed by atoms with Gasteiger partial charge in [-0.2, -0.15) is 0 Å². The Balaban J connectivity index is 2.36. The highest BCUT2D eigenvalue weighted by molar-refractivity contribution is 9.10. The van der Waals surface area contributed by atoms with Crippen LogP contribution in [0.1, 0.15) is 30.8 Å². The molecular weight excluding hydrogens is 310 g/mol. The maximum absolute atomic E-state index is 5.63. The van der Waals surface area contributed by atoms with Crippen LogP contribution in [0.2, 0.25) is 0 Å². The second kappa shape index (κ2) is 6.68. The zero-order chi connectivity index (χ0) is 13.7. The Morgan fingerprint density at radius 1 is 1.37 bits per heavy atom. The van der Waals surface area contributed by atoms with Crippen LogP contribution in [0.5, 0.6) is 5.88 Å². The van der Waals surface area contributed by atoms with Gasteiger partial charge in [-0.05, 0) is 41.0 Å². The van der Waals surface area contributed by atoms with Crippen LogP contribution >= 0.6 is 15.9 Å². The molecule has 2 heterocycles. The van der Waals surface area contributed by atoms with E-state index in [9.17, 15) is 0 Å². The van der Waals surface area contributed by atoms with Gasteiger partial charge in [-0.25, -0.2) is 4.98 Å². The molecule has 0 aliphatic rings.